The first kappa shape index (κ1) is 7.91. The zero-order chi connectivity index (χ0) is 9.10. The van der Waals surface area contributed by atoms with Crippen molar-refractivity contribution < 1.29 is 14.3 Å². The molecule has 0 atom stereocenters. The zero-order valence-electron chi connectivity index (χ0n) is 6.87. The zero-order valence-corrected chi connectivity index (χ0v) is 6.87. The summed E-state index contributed by atoms with van der Waals surface area (Å²) in [5.74, 6) is 1.37. The topological polar surface area (TPSA) is 47.6 Å². The van der Waals surface area contributed by atoms with E-state index in [1.165, 1.54) is 0 Å². The largest absolute Gasteiger partial charge is 0.486 e. The van der Waals surface area contributed by atoms with Crippen molar-refractivity contribution in [3.8, 4) is 11.5 Å². The van der Waals surface area contributed by atoms with Crippen LogP contribution in [0.15, 0.2) is 18.2 Å². The standard InChI is InChI=1S/C9H8NO3/c11-6-10-7-1-2-8-9(5-7)13-4-3-12-8/h1-2,5H,3-4H2,(H,10,11). The van der Waals surface area contributed by atoms with Gasteiger partial charge in [-0.05, 0) is 12.1 Å². The van der Waals surface area contributed by atoms with Crippen molar-refractivity contribution in [1.29, 1.82) is 0 Å². The number of amides is 1. The van der Waals surface area contributed by atoms with Gasteiger partial charge < -0.3 is 14.8 Å². The average Bonchev–Trinajstić information content (AvgIpc) is 2.18. The number of benzene rings is 1. The smallest absolute Gasteiger partial charge is 0.314 e. The van der Waals surface area contributed by atoms with E-state index in [2.05, 4.69) is 5.32 Å². The molecule has 1 heterocycles. The third-order valence-corrected chi connectivity index (χ3v) is 1.74. The second-order valence-electron chi connectivity index (χ2n) is 2.59. The summed E-state index contributed by atoms with van der Waals surface area (Å²) in [5, 5.41) is 2.42. The van der Waals surface area contributed by atoms with Gasteiger partial charge in [0.15, 0.2) is 11.5 Å². The fraction of sp³-hybridized carbons (Fsp3) is 0.222. The summed E-state index contributed by atoms with van der Waals surface area (Å²) < 4.78 is 10.6. The van der Waals surface area contributed by atoms with Crippen LogP contribution < -0.4 is 14.8 Å². The monoisotopic (exact) mass is 178 g/mol. The molecule has 2 rings (SSSR count). The fourth-order valence-electron chi connectivity index (χ4n) is 1.18. The molecule has 1 aliphatic rings. The van der Waals surface area contributed by atoms with Gasteiger partial charge in [0.05, 0.1) is 0 Å². The maximum atomic E-state index is 10.0. The molecular weight excluding hydrogens is 170 g/mol. The number of hydrogen-bond donors (Lipinski definition) is 1. The maximum Gasteiger partial charge on any atom is 0.314 e. The molecule has 1 aromatic rings. The van der Waals surface area contributed by atoms with Gasteiger partial charge in [0.25, 0.3) is 0 Å². The van der Waals surface area contributed by atoms with Crippen LogP contribution in [0.3, 0.4) is 0 Å². The number of carbonyl (C=O) groups excluding carboxylic acids is 1. The molecule has 13 heavy (non-hydrogen) atoms. The normalized spacial score (nSPS) is 13.5. The lowest BCUT2D eigenvalue weighted by Gasteiger charge is -2.18. The maximum absolute atomic E-state index is 10.0. The molecule has 1 N–H and O–H groups in total. The van der Waals surface area contributed by atoms with E-state index in [4.69, 9.17) is 9.47 Å². The van der Waals surface area contributed by atoms with Crippen molar-refractivity contribution in [3.63, 3.8) is 0 Å². The summed E-state index contributed by atoms with van der Waals surface area (Å²) >= 11 is 0. The Morgan fingerprint density at radius 2 is 2.00 bits per heavy atom. The van der Waals surface area contributed by atoms with Crippen molar-refractivity contribution in [2.75, 3.05) is 18.5 Å². The van der Waals surface area contributed by atoms with Crippen LogP contribution in [0, 0.1) is 0 Å². The highest BCUT2D eigenvalue weighted by Crippen LogP contribution is 2.32. The molecule has 0 saturated carbocycles. The molecule has 67 valence electrons. The summed E-state index contributed by atoms with van der Waals surface area (Å²) in [6.07, 6.45) is 1.59. The minimum Gasteiger partial charge on any atom is -0.486 e. The van der Waals surface area contributed by atoms with Crippen LogP contribution in [-0.4, -0.2) is 19.6 Å². The van der Waals surface area contributed by atoms with Gasteiger partial charge in [0.2, 0.25) is 0 Å². The lowest BCUT2D eigenvalue weighted by Crippen LogP contribution is -2.15. The number of hydrogen-bond acceptors (Lipinski definition) is 3. The quantitative estimate of drug-likeness (QED) is 0.685. The predicted molar refractivity (Wildman–Crippen MR) is 46.7 cm³/mol. The molecule has 0 fully saturated rings. The van der Waals surface area contributed by atoms with E-state index in [1.54, 1.807) is 24.6 Å². The number of fused-ring (bicyclic) bond motifs is 1. The van der Waals surface area contributed by atoms with E-state index >= 15 is 0 Å². The number of anilines is 1. The highest BCUT2D eigenvalue weighted by Gasteiger charge is 2.10. The Morgan fingerprint density at radius 1 is 1.23 bits per heavy atom. The van der Waals surface area contributed by atoms with E-state index in [0.717, 1.165) is 0 Å². The highest BCUT2D eigenvalue weighted by atomic mass is 16.6. The van der Waals surface area contributed by atoms with E-state index in [1.807, 2.05) is 0 Å². The molecule has 1 aromatic carbocycles. The van der Waals surface area contributed by atoms with Crippen LogP contribution in [0.2, 0.25) is 0 Å². The van der Waals surface area contributed by atoms with E-state index in [0.29, 0.717) is 30.4 Å². The van der Waals surface area contributed by atoms with E-state index in [9.17, 15) is 4.79 Å². The van der Waals surface area contributed by atoms with Gasteiger partial charge in [-0.2, -0.15) is 0 Å². The van der Waals surface area contributed by atoms with Crippen LogP contribution >= 0.6 is 0 Å². The molecule has 1 radical (unpaired) electrons. The van der Waals surface area contributed by atoms with Gasteiger partial charge in [0, 0.05) is 11.8 Å². The molecule has 0 unspecified atom stereocenters. The second-order valence-corrected chi connectivity index (χ2v) is 2.59. The first-order chi connectivity index (χ1) is 6.40. The van der Waals surface area contributed by atoms with Gasteiger partial charge >= 0.3 is 6.41 Å². The summed E-state index contributed by atoms with van der Waals surface area (Å²) in [5.41, 5.74) is 0.652. The first-order valence-electron chi connectivity index (χ1n) is 3.93. The third-order valence-electron chi connectivity index (χ3n) is 1.74. The van der Waals surface area contributed by atoms with Crippen molar-refractivity contribution in [2.24, 2.45) is 0 Å². The van der Waals surface area contributed by atoms with Gasteiger partial charge in [-0.3, -0.25) is 4.79 Å². The minimum atomic E-state index is 0.543. The Morgan fingerprint density at radius 3 is 2.77 bits per heavy atom. The van der Waals surface area contributed by atoms with Gasteiger partial charge in [-0.15, -0.1) is 0 Å². The van der Waals surface area contributed by atoms with Crippen LogP contribution in [0.25, 0.3) is 0 Å². The molecular formula is C9H8NO3. The summed E-state index contributed by atoms with van der Waals surface area (Å²) in [6.45, 7) is 1.11. The summed E-state index contributed by atoms with van der Waals surface area (Å²) in [4.78, 5) is 10.0. The Hall–Kier alpha value is -1.71. The lowest BCUT2D eigenvalue weighted by atomic mass is 10.2. The van der Waals surface area contributed by atoms with Crippen molar-refractivity contribution in [1.82, 2.24) is 0 Å². The summed E-state index contributed by atoms with van der Waals surface area (Å²) in [6, 6.07) is 5.20. The second kappa shape index (κ2) is 3.35. The third kappa shape index (κ3) is 1.56. The Kier molecular flexibility index (Phi) is 2.04. The van der Waals surface area contributed by atoms with Crippen LogP contribution in [0.5, 0.6) is 11.5 Å². The predicted octanol–water partition coefficient (Wildman–Crippen LogP) is 0.937. The fourth-order valence-corrected chi connectivity index (χ4v) is 1.18. The molecule has 0 aromatic heterocycles. The molecule has 4 heteroatoms. The molecule has 0 spiro atoms. The van der Waals surface area contributed by atoms with E-state index < -0.39 is 0 Å². The van der Waals surface area contributed by atoms with Crippen LogP contribution in [0.1, 0.15) is 0 Å². The highest BCUT2D eigenvalue weighted by molar-refractivity contribution is 5.73. The van der Waals surface area contributed by atoms with Gasteiger partial charge in [0.1, 0.15) is 13.2 Å². The SMILES string of the molecule is O=[C]Nc1ccc2c(c1)OCCO2. The van der Waals surface area contributed by atoms with Gasteiger partial charge in [-0.1, -0.05) is 0 Å². The van der Waals surface area contributed by atoms with Gasteiger partial charge in [-0.25, -0.2) is 0 Å². The van der Waals surface area contributed by atoms with E-state index in [-0.39, 0.29) is 0 Å². The molecule has 1 amide bonds. The average molecular weight is 178 g/mol. The van der Waals surface area contributed by atoms with Crippen LogP contribution in [-0.2, 0) is 4.79 Å². The van der Waals surface area contributed by atoms with Crippen LogP contribution in [0.4, 0.5) is 5.69 Å². The first-order valence-corrected chi connectivity index (χ1v) is 3.93. The minimum absolute atomic E-state index is 0.543. The number of ether oxygens (including phenoxy) is 2. The Balaban J connectivity index is 2.29. The Bertz CT molecular complexity index is 325. The van der Waals surface area contributed by atoms with Crippen molar-refractivity contribution >= 4 is 12.1 Å². The molecule has 1 aliphatic heterocycles. The number of rotatable bonds is 2. The lowest BCUT2D eigenvalue weighted by molar-refractivity contribution is 0.171. The molecule has 0 aliphatic carbocycles. The molecule has 0 saturated heterocycles. The summed E-state index contributed by atoms with van der Waals surface area (Å²) in [7, 11) is 0. The number of nitrogens with one attached hydrogen (secondary N) is 1. The Labute approximate surface area is 75.5 Å². The molecule has 0 bridgehead atoms. The van der Waals surface area contributed by atoms with Crippen molar-refractivity contribution in [2.45, 2.75) is 0 Å². The molecule has 4 nitrogen and oxygen atoms in total. The van der Waals surface area contributed by atoms with Crippen molar-refractivity contribution in [3.05, 3.63) is 18.2 Å².